The number of hydroxylamine groups is 1. The van der Waals surface area contributed by atoms with E-state index in [4.69, 9.17) is 27.0 Å². The highest BCUT2D eigenvalue weighted by Gasteiger charge is 2.08. The molecule has 0 atom stereocenters. The fourth-order valence-electron chi connectivity index (χ4n) is 1.43. The lowest BCUT2D eigenvalue weighted by molar-refractivity contribution is 0.234. The molecular formula is C13H10ClFN2O2. The van der Waals surface area contributed by atoms with Crippen molar-refractivity contribution >= 4 is 17.4 Å². The smallest absolute Gasteiger partial charge is 0.166 e. The summed E-state index contributed by atoms with van der Waals surface area (Å²) < 4.78 is 19.1. The van der Waals surface area contributed by atoms with Gasteiger partial charge in [0, 0.05) is 10.6 Å². The van der Waals surface area contributed by atoms with E-state index >= 15 is 0 Å². The number of amidine groups is 1. The van der Waals surface area contributed by atoms with E-state index < -0.39 is 5.82 Å². The van der Waals surface area contributed by atoms with Gasteiger partial charge in [0.05, 0.1) is 0 Å². The minimum atomic E-state index is -0.632. The molecule has 98 valence electrons. The molecule has 0 bridgehead atoms. The van der Waals surface area contributed by atoms with Crippen LogP contribution < -0.4 is 10.2 Å². The molecule has 6 heteroatoms. The molecule has 0 aliphatic carbocycles. The van der Waals surface area contributed by atoms with E-state index in [1.165, 1.54) is 12.1 Å². The van der Waals surface area contributed by atoms with Gasteiger partial charge in [-0.05, 0) is 42.5 Å². The van der Waals surface area contributed by atoms with Gasteiger partial charge < -0.3 is 4.74 Å². The van der Waals surface area contributed by atoms with Gasteiger partial charge in [0.25, 0.3) is 0 Å². The zero-order chi connectivity index (χ0) is 13.8. The Morgan fingerprint density at radius 1 is 1.21 bits per heavy atom. The van der Waals surface area contributed by atoms with Gasteiger partial charge in [-0.1, -0.05) is 11.6 Å². The highest BCUT2D eigenvalue weighted by atomic mass is 35.5. The predicted molar refractivity (Wildman–Crippen MR) is 69.7 cm³/mol. The normalized spacial score (nSPS) is 10.1. The van der Waals surface area contributed by atoms with Crippen molar-refractivity contribution in [1.29, 1.82) is 5.41 Å². The van der Waals surface area contributed by atoms with Crippen LogP contribution in [-0.4, -0.2) is 11.0 Å². The molecule has 0 radical (unpaired) electrons. The van der Waals surface area contributed by atoms with E-state index in [0.717, 1.165) is 6.07 Å². The second-order valence-electron chi connectivity index (χ2n) is 3.69. The third kappa shape index (κ3) is 3.21. The van der Waals surface area contributed by atoms with Gasteiger partial charge in [0.15, 0.2) is 11.6 Å². The first-order valence-corrected chi connectivity index (χ1v) is 5.70. The minimum Gasteiger partial charge on any atom is -0.454 e. The van der Waals surface area contributed by atoms with Gasteiger partial charge in [0.1, 0.15) is 11.6 Å². The lowest BCUT2D eigenvalue weighted by Crippen LogP contribution is -2.18. The molecule has 19 heavy (non-hydrogen) atoms. The Labute approximate surface area is 113 Å². The number of benzene rings is 2. The van der Waals surface area contributed by atoms with Crippen LogP contribution in [0.2, 0.25) is 5.02 Å². The predicted octanol–water partition coefficient (Wildman–Crippen LogP) is 3.58. The van der Waals surface area contributed by atoms with Gasteiger partial charge in [-0.2, -0.15) is 0 Å². The Hall–Kier alpha value is -2.11. The fraction of sp³-hybridized carbons (Fsp3) is 0. The number of nitrogens with one attached hydrogen (secondary N) is 2. The molecule has 0 aliphatic rings. The number of halogens is 2. The second kappa shape index (κ2) is 5.69. The Kier molecular flexibility index (Phi) is 3.99. The zero-order valence-corrected chi connectivity index (χ0v) is 10.4. The molecule has 0 fully saturated rings. The van der Waals surface area contributed by atoms with E-state index in [1.54, 1.807) is 29.7 Å². The highest BCUT2D eigenvalue weighted by molar-refractivity contribution is 6.30. The summed E-state index contributed by atoms with van der Waals surface area (Å²) in [5, 5.41) is 16.4. The number of hydrogen-bond donors (Lipinski definition) is 3. The summed E-state index contributed by atoms with van der Waals surface area (Å²) in [6.45, 7) is 0. The van der Waals surface area contributed by atoms with Gasteiger partial charge >= 0.3 is 0 Å². The van der Waals surface area contributed by atoms with Crippen LogP contribution in [0.3, 0.4) is 0 Å². The summed E-state index contributed by atoms with van der Waals surface area (Å²) in [5.41, 5.74) is 1.86. The molecule has 0 saturated carbocycles. The van der Waals surface area contributed by atoms with E-state index in [-0.39, 0.29) is 17.1 Å². The maximum Gasteiger partial charge on any atom is 0.166 e. The van der Waals surface area contributed by atoms with E-state index in [2.05, 4.69) is 0 Å². The van der Waals surface area contributed by atoms with Crippen molar-refractivity contribution in [2.45, 2.75) is 0 Å². The van der Waals surface area contributed by atoms with Crippen LogP contribution >= 0.6 is 11.6 Å². The van der Waals surface area contributed by atoms with Crippen molar-refractivity contribution in [1.82, 2.24) is 5.48 Å². The average molecular weight is 281 g/mol. The standard InChI is InChI=1S/C13H10ClFN2O2/c14-9-2-4-10(5-3-9)19-12-6-1-8(7-11(12)15)13(16)17-18/h1-7,18H,(H2,16,17). The number of ether oxygens (including phenoxy) is 1. The van der Waals surface area contributed by atoms with Crippen LogP contribution in [0.5, 0.6) is 11.5 Å². The highest BCUT2D eigenvalue weighted by Crippen LogP contribution is 2.26. The van der Waals surface area contributed by atoms with Crippen molar-refractivity contribution in [3.05, 3.63) is 58.9 Å². The van der Waals surface area contributed by atoms with Crippen LogP contribution in [0.25, 0.3) is 0 Å². The van der Waals surface area contributed by atoms with Gasteiger partial charge in [-0.3, -0.25) is 16.1 Å². The number of rotatable bonds is 3. The quantitative estimate of drug-likeness (QED) is 0.457. The molecule has 0 saturated heterocycles. The molecule has 0 aliphatic heterocycles. The molecule has 2 aromatic rings. The monoisotopic (exact) mass is 280 g/mol. The largest absolute Gasteiger partial charge is 0.454 e. The molecule has 0 spiro atoms. The van der Waals surface area contributed by atoms with Crippen molar-refractivity contribution < 1.29 is 14.3 Å². The zero-order valence-electron chi connectivity index (χ0n) is 9.65. The molecule has 0 aromatic heterocycles. The molecule has 3 N–H and O–H groups in total. The molecule has 0 heterocycles. The number of hydrogen-bond acceptors (Lipinski definition) is 3. The van der Waals surface area contributed by atoms with E-state index in [0.29, 0.717) is 10.8 Å². The Morgan fingerprint density at radius 2 is 1.89 bits per heavy atom. The average Bonchev–Trinajstić information content (AvgIpc) is 2.42. The van der Waals surface area contributed by atoms with Crippen molar-refractivity contribution in [3.63, 3.8) is 0 Å². The SMILES string of the molecule is N=C(NO)c1ccc(Oc2ccc(Cl)cc2)c(F)c1. The topological polar surface area (TPSA) is 65.3 Å². The van der Waals surface area contributed by atoms with Gasteiger partial charge in [0.2, 0.25) is 0 Å². The molecule has 4 nitrogen and oxygen atoms in total. The molecular weight excluding hydrogens is 271 g/mol. The first-order chi connectivity index (χ1) is 9.10. The van der Waals surface area contributed by atoms with E-state index in [9.17, 15) is 4.39 Å². The lowest BCUT2D eigenvalue weighted by Gasteiger charge is -2.08. The van der Waals surface area contributed by atoms with E-state index in [1.807, 2.05) is 0 Å². The first kappa shape index (κ1) is 13.3. The van der Waals surface area contributed by atoms with Crippen LogP contribution in [0, 0.1) is 11.2 Å². The third-order valence-corrected chi connectivity index (χ3v) is 2.63. The first-order valence-electron chi connectivity index (χ1n) is 5.32. The fourth-order valence-corrected chi connectivity index (χ4v) is 1.56. The summed E-state index contributed by atoms with van der Waals surface area (Å²) in [5.74, 6) is -0.451. The Morgan fingerprint density at radius 3 is 2.47 bits per heavy atom. The molecule has 0 amide bonds. The summed E-state index contributed by atoms with van der Waals surface area (Å²) in [6, 6.07) is 10.4. The van der Waals surface area contributed by atoms with Crippen molar-refractivity contribution in [2.75, 3.05) is 0 Å². The maximum absolute atomic E-state index is 13.8. The minimum absolute atomic E-state index is 0.0248. The lowest BCUT2D eigenvalue weighted by atomic mass is 10.2. The van der Waals surface area contributed by atoms with Gasteiger partial charge in [-0.15, -0.1) is 0 Å². The van der Waals surface area contributed by atoms with Crippen LogP contribution in [0.4, 0.5) is 4.39 Å². The third-order valence-electron chi connectivity index (χ3n) is 2.37. The summed E-state index contributed by atoms with van der Waals surface area (Å²) in [7, 11) is 0. The summed E-state index contributed by atoms with van der Waals surface area (Å²) >= 11 is 5.73. The molecule has 2 rings (SSSR count). The Balaban J connectivity index is 2.22. The van der Waals surface area contributed by atoms with Crippen LogP contribution in [0.1, 0.15) is 5.56 Å². The van der Waals surface area contributed by atoms with Crippen LogP contribution in [-0.2, 0) is 0 Å². The van der Waals surface area contributed by atoms with Crippen LogP contribution in [0.15, 0.2) is 42.5 Å². The summed E-state index contributed by atoms with van der Waals surface area (Å²) in [4.78, 5) is 0. The molecule has 0 unspecified atom stereocenters. The summed E-state index contributed by atoms with van der Waals surface area (Å²) in [6.07, 6.45) is 0. The molecule has 2 aromatic carbocycles. The van der Waals surface area contributed by atoms with Crippen molar-refractivity contribution in [2.24, 2.45) is 0 Å². The van der Waals surface area contributed by atoms with Gasteiger partial charge in [-0.25, -0.2) is 4.39 Å². The van der Waals surface area contributed by atoms with Crippen molar-refractivity contribution in [3.8, 4) is 11.5 Å². The second-order valence-corrected chi connectivity index (χ2v) is 4.12. The maximum atomic E-state index is 13.8. The Bertz CT molecular complexity index is 602.